The van der Waals surface area contributed by atoms with Gasteiger partial charge >= 0.3 is 0 Å². The number of anilines is 1. The predicted octanol–water partition coefficient (Wildman–Crippen LogP) is 3.34. The first-order valence-corrected chi connectivity index (χ1v) is 10.5. The van der Waals surface area contributed by atoms with Crippen LogP contribution >= 0.6 is 0 Å². The first-order chi connectivity index (χ1) is 12.5. The number of carbonyl (C=O) groups excluding carboxylic acids is 1. The molecule has 1 fully saturated rings. The molecule has 138 valence electrons. The summed E-state index contributed by atoms with van der Waals surface area (Å²) in [5, 5.41) is 2.87. The number of sulfonamides is 1. The van der Waals surface area contributed by atoms with Gasteiger partial charge in [0, 0.05) is 18.2 Å². The Labute approximate surface area is 154 Å². The molecule has 1 amide bonds. The molecule has 0 aliphatic heterocycles. The molecule has 1 aliphatic carbocycles. The lowest BCUT2D eigenvalue weighted by molar-refractivity contribution is -0.119. The van der Waals surface area contributed by atoms with Crippen LogP contribution in [0.3, 0.4) is 0 Å². The highest BCUT2D eigenvalue weighted by molar-refractivity contribution is 7.89. The largest absolute Gasteiger partial charge is 0.326 e. The highest BCUT2D eigenvalue weighted by atomic mass is 32.2. The zero-order chi connectivity index (χ0) is 18.4. The van der Waals surface area contributed by atoms with E-state index in [1.807, 2.05) is 30.3 Å². The zero-order valence-electron chi connectivity index (χ0n) is 14.6. The average molecular weight is 372 g/mol. The number of nitrogens with one attached hydrogen (secondary N) is 2. The number of hydrogen-bond donors (Lipinski definition) is 2. The van der Waals surface area contributed by atoms with Crippen LogP contribution in [0, 0.1) is 5.92 Å². The Morgan fingerprint density at radius 3 is 2.27 bits per heavy atom. The standard InChI is InChI=1S/C20H24N2O3S/c23-20(17-8-4-5-9-17)22-18-10-12-19(13-11-18)26(24,25)21-15-14-16-6-2-1-3-7-16/h1-3,6-7,10-13,17,21H,4-5,8-9,14-15H2,(H,22,23). The van der Waals surface area contributed by atoms with Gasteiger partial charge in [0.25, 0.3) is 0 Å². The van der Waals surface area contributed by atoms with Crippen molar-refractivity contribution in [3.63, 3.8) is 0 Å². The van der Waals surface area contributed by atoms with Crippen LogP contribution in [-0.4, -0.2) is 20.9 Å². The maximum Gasteiger partial charge on any atom is 0.240 e. The molecule has 1 aliphatic rings. The van der Waals surface area contributed by atoms with Gasteiger partial charge in [0.2, 0.25) is 15.9 Å². The Kier molecular flexibility index (Phi) is 6.06. The van der Waals surface area contributed by atoms with Crippen LogP contribution in [0.15, 0.2) is 59.5 Å². The van der Waals surface area contributed by atoms with E-state index in [-0.39, 0.29) is 16.7 Å². The lowest BCUT2D eigenvalue weighted by Gasteiger charge is -2.11. The van der Waals surface area contributed by atoms with Crippen LogP contribution in [-0.2, 0) is 21.2 Å². The molecule has 1 saturated carbocycles. The second-order valence-corrected chi connectivity index (χ2v) is 8.40. The molecule has 0 unspecified atom stereocenters. The number of carbonyl (C=O) groups is 1. The molecule has 0 aromatic heterocycles. The Balaban J connectivity index is 1.55. The van der Waals surface area contributed by atoms with Gasteiger partial charge in [0.05, 0.1) is 4.90 Å². The summed E-state index contributed by atoms with van der Waals surface area (Å²) >= 11 is 0. The highest BCUT2D eigenvalue weighted by Gasteiger charge is 2.22. The van der Waals surface area contributed by atoms with Crippen molar-refractivity contribution in [2.75, 3.05) is 11.9 Å². The molecular weight excluding hydrogens is 348 g/mol. The molecule has 0 heterocycles. The van der Waals surface area contributed by atoms with Crippen LogP contribution in [0.2, 0.25) is 0 Å². The number of amides is 1. The van der Waals surface area contributed by atoms with Gasteiger partial charge in [-0.25, -0.2) is 13.1 Å². The molecule has 3 rings (SSSR count). The lowest BCUT2D eigenvalue weighted by atomic mass is 10.1. The second-order valence-electron chi connectivity index (χ2n) is 6.63. The molecule has 2 aromatic rings. The van der Waals surface area contributed by atoms with Crippen LogP contribution in [0.25, 0.3) is 0 Å². The fraction of sp³-hybridized carbons (Fsp3) is 0.350. The number of rotatable bonds is 7. The van der Waals surface area contributed by atoms with E-state index in [0.717, 1.165) is 31.2 Å². The molecule has 2 aromatic carbocycles. The van der Waals surface area contributed by atoms with Gasteiger partial charge < -0.3 is 5.32 Å². The van der Waals surface area contributed by atoms with E-state index in [1.165, 1.54) is 12.1 Å². The Hall–Kier alpha value is -2.18. The summed E-state index contributed by atoms with van der Waals surface area (Å²) < 4.78 is 27.3. The summed E-state index contributed by atoms with van der Waals surface area (Å²) in [6, 6.07) is 16.1. The minimum Gasteiger partial charge on any atom is -0.326 e. The van der Waals surface area contributed by atoms with Crippen LogP contribution in [0.1, 0.15) is 31.2 Å². The molecule has 0 saturated heterocycles. The van der Waals surface area contributed by atoms with E-state index in [2.05, 4.69) is 10.0 Å². The molecule has 2 N–H and O–H groups in total. The average Bonchev–Trinajstić information content (AvgIpc) is 3.18. The van der Waals surface area contributed by atoms with E-state index in [9.17, 15) is 13.2 Å². The third kappa shape index (κ3) is 4.93. The summed E-state index contributed by atoms with van der Waals surface area (Å²) in [5.74, 6) is 0.108. The molecule has 6 heteroatoms. The van der Waals surface area contributed by atoms with Crippen LogP contribution in [0.5, 0.6) is 0 Å². The SMILES string of the molecule is O=C(Nc1ccc(S(=O)(=O)NCCc2ccccc2)cc1)C1CCCC1. The molecular formula is C20H24N2O3S. The summed E-state index contributed by atoms with van der Waals surface area (Å²) in [5.41, 5.74) is 1.71. The van der Waals surface area contributed by atoms with Crippen LogP contribution in [0.4, 0.5) is 5.69 Å². The summed E-state index contributed by atoms with van der Waals surface area (Å²) in [6.07, 6.45) is 4.71. The highest BCUT2D eigenvalue weighted by Crippen LogP contribution is 2.26. The quantitative estimate of drug-likeness (QED) is 0.783. The van der Waals surface area contributed by atoms with Gasteiger partial charge in [-0.3, -0.25) is 4.79 Å². The van der Waals surface area contributed by atoms with E-state index in [0.29, 0.717) is 18.7 Å². The third-order valence-corrected chi connectivity index (χ3v) is 6.18. The first kappa shape index (κ1) is 18.6. The molecule has 0 radical (unpaired) electrons. The molecule has 0 bridgehead atoms. The Morgan fingerprint density at radius 2 is 1.62 bits per heavy atom. The van der Waals surface area contributed by atoms with Gasteiger partial charge in [-0.05, 0) is 49.1 Å². The van der Waals surface area contributed by atoms with Crippen molar-refractivity contribution in [1.29, 1.82) is 0 Å². The normalized spacial score (nSPS) is 15.1. The third-order valence-electron chi connectivity index (χ3n) is 4.71. The zero-order valence-corrected chi connectivity index (χ0v) is 15.5. The van der Waals surface area contributed by atoms with E-state index in [4.69, 9.17) is 0 Å². The van der Waals surface area contributed by atoms with Crippen molar-refractivity contribution in [2.45, 2.75) is 37.0 Å². The maximum atomic E-state index is 12.4. The minimum absolute atomic E-state index is 0.0269. The topological polar surface area (TPSA) is 75.3 Å². The van der Waals surface area contributed by atoms with E-state index < -0.39 is 10.0 Å². The fourth-order valence-corrected chi connectivity index (χ4v) is 4.24. The van der Waals surface area contributed by atoms with Crippen molar-refractivity contribution >= 4 is 21.6 Å². The summed E-state index contributed by atoms with van der Waals surface area (Å²) in [6.45, 7) is 0.340. The van der Waals surface area contributed by atoms with Gasteiger partial charge in [-0.1, -0.05) is 43.2 Å². The monoisotopic (exact) mass is 372 g/mol. The smallest absolute Gasteiger partial charge is 0.240 e. The molecule has 0 spiro atoms. The summed E-state index contributed by atoms with van der Waals surface area (Å²) in [4.78, 5) is 12.3. The van der Waals surface area contributed by atoms with Crippen LogP contribution < -0.4 is 10.0 Å². The second kappa shape index (κ2) is 8.47. The van der Waals surface area contributed by atoms with Crippen molar-refractivity contribution in [1.82, 2.24) is 4.72 Å². The van der Waals surface area contributed by atoms with Gasteiger partial charge in [0.15, 0.2) is 0 Å². The minimum atomic E-state index is -3.55. The maximum absolute atomic E-state index is 12.4. The molecule has 0 atom stereocenters. The van der Waals surface area contributed by atoms with Gasteiger partial charge in [-0.2, -0.15) is 0 Å². The van der Waals surface area contributed by atoms with Crippen molar-refractivity contribution < 1.29 is 13.2 Å². The van der Waals surface area contributed by atoms with E-state index >= 15 is 0 Å². The first-order valence-electron chi connectivity index (χ1n) is 8.99. The van der Waals surface area contributed by atoms with Gasteiger partial charge in [0.1, 0.15) is 0 Å². The number of hydrogen-bond acceptors (Lipinski definition) is 3. The number of benzene rings is 2. The summed E-state index contributed by atoms with van der Waals surface area (Å²) in [7, 11) is -3.55. The fourth-order valence-electron chi connectivity index (χ4n) is 3.21. The van der Waals surface area contributed by atoms with Crippen molar-refractivity contribution in [3.8, 4) is 0 Å². The molecule has 26 heavy (non-hydrogen) atoms. The van der Waals surface area contributed by atoms with Crippen molar-refractivity contribution in [3.05, 3.63) is 60.2 Å². The van der Waals surface area contributed by atoms with Gasteiger partial charge in [-0.15, -0.1) is 0 Å². The molecule has 5 nitrogen and oxygen atoms in total. The Morgan fingerprint density at radius 1 is 0.962 bits per heavy atom. The van der Waals surface area contributed by atoms with Crippen molar-refractivity contribution in [2.24, 2.45) is 5.92 Å². The Bertz CT molecular complexity index is 827. The lowest BCUT2D eigenvalue weighted by Crippen LogP contribution is -2.26. The predicted molar refractivity (Wildman–Crippen MR) is 102 cm³/mol. The van der Waals surface area contributed by atoms with E-state index in [1.54, 1.807) is 12.1 Å².